The summed E-state index contributed by atoms with van der Waals surface area (Å²) in [6.45, 7) is 0.283. The Kier molecular flexibility index (Phi) is 5.81. The molecule has 1 heterocycles. The van der Waals surface area contributed by atoms with Crippen LogP contribution in [0.5, 0.6) is 0 Å². The molecule has 0 saturated heterocycles. The van der Waals surface area contributed by atoms with Crippen molar-refractivity contribution in [3.63, 3.8) is 0 Å². The number of hydrogen-bond acceptors (Lipinski definition) is 6. The van der Waals surface area contributed by atoms with E-state index in [0.29, 0.717) is 17.0 Å². The number of nitrogens with zero attached hydrogens (tertiary/aromatic N) is 2. The molecular formula is C17H21ClN4OS. The van der Waals surface area contributed by atoms with E-state index in [2.05, 4.69) is 15.3 Å². The molecule has 2 aromatic rings. The second-order valence-electron chi connectivity index (χ2n) is 6.04. The van der Waals surface area contributed by atoms with Crippen LogP contribution in [-0.2, 0) is 0 Å². The Morgan fingerprint density at radius 3 is 2.58 bits per heavy atom. The molecule has 0 radical (unpaired) electrons. The standard InChI is InChI=1S/C17H21ClN4OS/c18-12-3-7-14(8-4-12)24-15-9-20-17(19)22-16(15)21-13-5-1-11(10-23)2-6-13/h3-4,7-9,11,13,23H,1-2,5-6,10H2,(H3,19,20,21,22)/t11-,13-. The monoisotopic (exact) mass is 364 g/mol. The normalized spacial score (nSPS) is 20.8. The Morgan fingerprint density at radius 2 is 1.92 bits per heavy atom. The van der Waals surface area contributed by atoms with Gasteiger partial charge in [0.25, 0.3) is 0 Å². The number of aliphatic hydroxyl groups excluding tert-OH is 1. The average Bonchev–Trinajstić information content (AvgIpc) is 2.60. The summed E-state index contributed by atoms with van der Waals surface area (Å²) in [4.78, 5) is 10.5. The van der Waals surface area contributed by atoms with Gasteiger partial charge in [-0.2, -0.15) is 4.98 Å². The van der Waals surface area contributed by atoms with Gasteiger partial charge in [0.1, 0.15) is 5.82 Å². The van der Waals surface area contributed by atoms with Gasteiger partial charge in [-0.1, -0.05) is 23.4 Å². The SMILES string of the molecule is Nc1ncc(Sc2ccc(Cl)cc2)c(N[C@H]2CC[C@H](CO)CC2)n1. The molecule has 128 valence electrons. The molecule has 0 spiro atoms. The summed E-state index contributed by atoms with van der Waals surface area (Å²) in [6, 6.07) is 8.03. The topological polar surface area (TPSA) is 84.1 Å². The molecule has 1 saturated carbocycles. The number of hydrogen-bond donors (Lipinski definition) is 3. The molecule has 5 nitrogen and oxygen atoms in total. The van der Waals surface area contributed by atoms with Crippen molar-refractivity contribution in [3.05, 3.63) is 35.5 Å². The zero-order valence-electron chi connectivity index (χ0n) is 13.3. The molecule has 0 atom stereocenters. The van der Waals surface area contributed by atoms with Crippen LogP contribution in [0.25, 0.3) is 0 Å². The lowest BCUT2D eigenvalue weighted by Gasteiger charge is -2.28. The van der Waals surface area contributed by atoms with Gasteiger partial charge in [0.15, 0.2) is 0 Å². The molecule has 1 aromatic heterocycles. The third-order valence-corrected chi connectivity index (χ3v) is 5.54. The minimum Gasteiger partial charge on any atom is -0.396 e. The number of nitrogens with two attached hydrogens (primary N) is 1. The number of nitrogen functional groups attached to an aromatic ring is 1. The van der Waals surface area contributed by atoms with Crippen LogP contribution in [0, 0.1) is 5.92 Å². The first kappa shape index (κ1) is 17.3. The lowest BCUT2D eigenvalue weighted by molar-refractivity contribution is 0.185. The second kappa shape index (κ2) is 8.05. The predicted molar refractivity (Wildman–Crippen MR) is 98.5 cm³/mol. The van der Waals surface area contributed by atoms with E-state index in [0.717, 1.165) is 41.3 Å². The molecule has 3 rings (SSSR count). The highest BCUT2D eigenvalue weighted by atomic mass is 35.5. The first-order valence-electron chi connectivity index (χ1n) is 8.07. The lowest BCUT2D eigenvalue weighted by atomic mass is 9.86. The van der Waals surface area contributed by atoms with E-state index >= 15 is 0 Å². The van der Waals surface area contributed by atoms with Gasteiger partial charge >= 0.3 is 0 Å². The summed E-state index contributed by atoms with van der Waals surface area (Å²) in [5, 5.41) is 13.5. The molecule has 1 aliphatic carbocycles. The van der Waals surface area contributed by atoms with Gasteiger partial charge in [0, 0.05) is 28.8 Å². The molecule has 0 unspecified atom stereocenters. The molecule has 1 aromatic carbocycles. The number of anilines is 2. The summed E-state index contributed by atoms with van der Waals surface area (Å²) in [6.07, 6.45) is 5.88. The number of aromatic nitrogens is 2. The highest BCUT2D eigenvalue weighted by Crippen LogP contribution is 2.34. The highest BCUT2D eigenvalue weighted by Gasteiger charge is 2.22. The Balaban J connectivity index is 1.72. The third kappa shape index (κ3) is 4.53. The summed E-state index contributed by atoms with van der Waals surface area (Å²) in [5.74, 6) is 1.47. The average molecular weight is 365 g/mol. The Hall–Kier alpha value is -1.50. The molecule has 7 heteroatoms. The van der Waals surface area contributed by atoms with Gasteiger partial charge in [0.05, 0.1) is 4.90 Å². The van der Waals surface area contributed by atoms with Crippen molar-refractivity contribution >= 4 is 35.1 Å². The lowest BCUT2D eigenvalue weighted by Crippen LogP contribution is -2.28. The molecule has 1 aliphatic rings. The van der Waals surface area contributed by atoms with E-state index in [1.807, 2.05) is 24.3 Å². The van der Waals surface area contributed by atoms with Crippen LogP contribution in [0.2, 0.25) is 5.02 Å². The van der Waals surface area contributed by atoms with Crippen molar-refractivity contribution in [1.29, 1.82) is 0 Å². The fraction of sp³-hybridized carbons (Fsp3) is 0.412. The van der Waals surface area contributed by atoms with Crippen LogP contribution >= 0.6 is 23.4 Å². The van der Waals surface area contributed by atoms with Gasteiger partial charge in [-0.05, 0) is 55.9 Å². The summed E-state index contributed by atoms with van der Waals surface area (Å²) >= 11 is 7.52. The zero-order chi connectivity index (χ0) is 16.9. The Morgan fingerprint density at radius 1 is 1.21 bits per heavy atom. The molecule has 0 bridgehead atoms. The molecule has 4 N–H and O–H groups in total. The van der Waals surface area contributed by atoms with Crippen LogP contribution in [-0.4, -0.2) is 27.7 Å². The minimum absolute atomic E-state index is 0.266. The Labute approximate surface area is 151 Å². The number of benzene rings is 1. The number of rotatable bonds is 5. The maximum atomic E-state index is 9.26. The van der Waals surface area contributed by atoms with Crippen molar-refractivity contribution < 1.29 is 5.11 Å². The van der Waals surface area contributed by atoms with Gasteiger partial charge in [0.2, 0.25) is 5.95 Å². The van der Waals surface area contributed by atoms with Gasteiger partial charge < -0.3 is 16.2 Å². The molecular weight excluding hydrogens is 344 g/mol. The van der Waals surface area contributed by atoms with Crippen molar-refractivity contribution in [2.75, 3.05) is 17.7 Å². The van der Waals surface area contributed by atoms with E-state index in [4.69, 9.17) is 17.3 Å². The van der Waals surface area contributed by atoms with Crippen molar-refractivity contribution in [2.24, 2.45) is 5.92 Å². The number of halogens is 1. The summed E-state index contributed by atoms with van der Waals surface area (Å²) in [5.41, 5.74) is 5.77. The van der Waals surface area contributed by atoms with Crippen molar-refractivity contribution in [3.8, 4) is 0 Å². The van der Waals surface area contributed by atoms with Crippen LogP contribution in [0.15, 0.2) is 40.3 Å². The third-order valence-electron chi connectivity index (χ3n) is 4.26. The first-order chi connectivity index (χ1) is 11.6. The van der Waals surface area contributed by atoms with Crippen LogP contribution in [0.4, 0.5) is 11.8 Å². The van der Waals surface area contributed by atoms with E-state index < -0.39 is 0 Å². The smallest absolute Gasteiger partial charge is 0.221 e. The quantitative estimate of drug-likeness (QED) is 0.747. The van der Waals surface area contributed by atoms with Crippen molar-refractivity contribution in [2.45, 2.75) is 41.5 Å². The maximum absolute atomic E-state index is 9.26. The molecule has 0 aliphatic heterocycles. The van der Waals surface area contributed by atoms with Gasteiger partial charge in [-0.3, -0.25) is 0 Å². The van der Waals surface area contributed by atoms with Gasteiger partial charge in [-0.25, -0.2) is 4.98 Å². The fourth-order valence-electron chi connectivity index (χ4n) is 2.87. The fourth-order valence-corrected chi connectivity index (χ4v) is 3.83. The molecule has 1 fully saturated rings. The van der Waals surface area contributed by atoms with E-state index in [9.17, 15) is 5.11 Å². The van der Waals surface area contributed by atoms with Crippen LogP contribution in [0.1, 0.15) is 25.7 Å². The van der Waals surface area contributed by atoms with Gasteiger partial charge in [-0.15, -0.1) is 0 Å². The molecule has 0 amide bonds. The first-order valence-corrected chi connectivity index (χ1v) is 9.27. The van der Waals surface area contributed by atoms with E-state index in [1.54, 1.807) is 18.0 Å². The minimum atomic E-state index is 0.266. The maximum Gasteiger partial charge on any atom is 0.221 e. The number of aliphatic hydroxyl groups is 1. The van der Waals surface area contributed by atoms with E-state index in [-0.39, 0.29) is 12.6 Å². The summed E-state index contributed by atoms with van der Waals surface area (Å²) < 4.78 is 0. The van der Waals surface area contributed by atoms with Crippen LogP contribution < -0.4 is 11.1 Å². The molecule has 24 heavy (non-hydrogen) atoms. The Bertz CT molecular complexity index is 675. The van der Waals surface area contributed by atoms with E-state index in [1.165, 1.54) is 0 Å². The van der Waals surface area contributed by atoms with Crippen LogP contribution in [0.3, 0.4) is 0 Å². The second-order valence-corrected chi connectivity index (χ2v) is 7.59. The summed E-state index contributed by atoms with van der Waals surface area (Å²) in [7, 11) is 0. The largest absolute Gasteiger partial charge is 0.396 e. The zero-order valence-corrected chi connectivity index (χ0v) is 14.9. The number of nitrogens with one attached hydrogen (secondary N) is 1. The van der Waals surface area contributed by atoms with Crippen molar-refractivity contribution in [1.82, 2.24) is 9.97 Å². The predicted octanol–water partition coefficient (Wildman–Crippen LogP) is 3.83. The highest BCUT2D eigenvalue weighted by molar-refractivity contribution is 7.99.